The predicted octanol–water partition coefficient (Wildman–Crippen LogP) is 2.77. The Balaban J connectivity index is 1.53. The summed E-state index contributed by atoms with van der Waals surface area (Å²) in [6.07, 6.45) is 5.23. The zero-order valence-electron chi connectivity index (χ0n) is 12.8. The molecule has 0 bridgehead atoms. The van der Waals surface area contributed by atoms with Gasteiger partial charge in [0.2, 0.25) is 0 Å². The Morgan fingerprint density at radius 1 is 1.22 bits per heavy atom. The molecule has 23 heavy (non-hydrogen) atoms. The Bertz CT molecular complexity index is 778. The largest absolute Gasteiger partial charge is 0.469 e. The number of benzene rings is 1. The van der Waals surface area contributed by atoms with Gasteiger partial charge in [-0.3, -0.25) is 0 Å². The first-order chi connectivity index (χ1) is 11.2. The first-order valence-corrected chi connectivity index (χ1v) is 7.36. The van der Waals surface area contributed by atoms with Crippen molar-refractivity contribution in [1.82, 2.24) is 20.4 Å². The van der Waals surface area contributed by atoms with E-state index in [0.717, 1.165) is 22.6 Å². The number of hydrogen-bond acceptors (Lipinski definition) is 3. The Morgan fingerprint density at radius 3 is 2.83 bits per heavy atom. The molecule has 6 heteroatoms. The minimum Gasteiger partial charge on any atom is -0.469 e. The van der Waals surface area contributed by atoms with E-state index in [1.807, 2.05) is 49.5 Å². The molecule has 6 nitrogen and oxygen atoms in total. The minimum absolute atomic E-state index is 0.213. The summed E-state index contributed by atoms with van der Waals surface area (Å²) in [7, 11) is 0. The van der Waals surface area contributed by atoms with E-state index in [-0.39, 0.29) is 6.03 Å². The van der Waals surface area contributed by atoms with Crippen LogP contribution in [0.1, 0.15) is 16.9 Å². The van der Waals surface area contributed by atoms with Crippen molar-refractivity contribution in [3.05, 3.63) is 71.9 Å². The van der Waals surface area contributed by atoms with Crippen LogP contribution in [0.4, 0.5) is 4.79 Å². The second-order valence-electron chi connectivity index (χ2n) is 5.16. The Hall–Kier alpha value is -3.02. The molecular formula is C17H18N4O2. The van der Waals surface area contributed by atoms with Crippen LogP contribution in [0.5, 0.6) is 0 Å². The van der Waals surface area contributed by atoms with E-state index in [9.17, 15) is 4.79 Å². The fourth-order valence-electron chi connectivity index (χ4n) is 2.25. The van der Waals surface area contributed by atoms with Gasteiger partial charge in [-0.15, -0.1) is 0 Å². The quantitative estimate of drug-likeness (QED) is 0.761. The van der Waals surface area contributed by atoms with Gasteiger partial charge in [-0.25, -0.2) is 9.48 Å². The van der Waals surface area contributed by atoms with E-state index in [0.29, 0.717) is 13.1 Å². The number of carbonyl (C=O) groups is 1. The molecule has 1 aromatic carbocycles. The average molecular weight is 310 g/mol. The van der Waals surface area contributed by atoms with Crippen molar-refractivity contribution in [3.8, 4) is 5.69 Å². The average Bonchev–Trinajstić information content (AvgIpc) is 3.23. The number of urea groups is 1. The molecule has 0 saturated heterocycles. The van der Waals surface area contributed by atoms with Gasteiger partial charge in [0.1, 0.15) is 5.76 Å². The highest BCUT2D eigenvalue weighted by molar-refractivity contribution is 5.73. The Morgan fingerprint density at radius 2 is 2.09 bits per heavy atom. The number of aryl methyl sites for hydroxylation is 1. The third-order valence-corrected chi connectivity index (χ3v) is 3.54. The van der Waals surface area contributed by atoms with Crippen molar-refractivity contribution in [3.63, 3.8) is 0 Å². The first kappa shape index (κ1) is 14.9. The number of amides is 2. The Kier molecular flexibility index (Phi) is 4.42. The molecule has 3 aromatic rings. The van der Waals surface area contributed by atoms with Gasteiger partial charge >= 0.3 is 6.03 Å². The zero-order valence-corrected chi connectivity index (χ0v) is 12.8. The maximum Gasteiger partial charge on any atom is 0.315 e. The third kappa shape index (κ3) is 3.79. The van der Waals surface area contributed by atoms with E-state index in [4.69, 9.17) is 4.42 Å². The van der Waals surface area contributed by atoms with Crippen molar-refractivity contribution in [2.75, 3.05) is 0 Å². The third-order valence-electron chi connectivity index (χ3n) is 3.54. The van der Waals surface area contributed by atoms with Gasteiger partial charge in [0.25, 0.3) is 0 Å². The van der Waals surface area contributed by atoms with Crippen LogP contribution in [0, 0.1) is 6.92 Å². The molecule has 0 aliphatic carbocycles. The van der Waals surface area contributed by atoms with Crippen LogP contribution in [-0.2, 0) is 13.1 Å². The number of nitrogens with one attached hydrogen (secondary N) is 2. The van der Waals surface area contributed by atoms with Gasteiger partial charge in [-0.2, -0.15) is 5.10 Å². The summed E-state index contributed by atoms with van der Waals surface area (Å²) >= 11 is 0. The maximum absolute atomic E-state index is 11.9. The number of aromatic nitrogens is 2. The van der Waals surface area contributed by atoms with Crippen LogP contribution in [0.15, 0.2) is 59.5 Å². The highest BCUT2D eigenvalue weighted by Crippen LogP contribution is 2.10. The summed E-state index contributed by atoms with van der Waals surface area (Å²) in [5.74, 6) is 0.817. The van der Waals surface area contributed by atoms with E-state index in [1.165, 1.54) is 0 Å². The van der Waals surface area contributed by atoms with Crippen molar-refractivity contribution in [1.29, 1.82) is 0 Å². The predicted molar refractivity (Wildman–Crippen MR) is 86.1 cm³/mol. The molecule has 0 aliphatic heterocycles. The van der Waals surface area contributed by atoms with E-state index in [2.05, 4.69) is 15.7 Å². The molecule has 2 amide bonds. The lowest BCUT2D eigenvalue weighted by atomic mass is 10.2. The molecule has 0 atom stereocenters. The minimum atomic E-state index is -0.213. The SMILES string of the molecule is Cc1occc1CNC(=O)NCc1cccc(-n2cccn2)c1. The van der Waals surface area contributed by atoms with Gasteiger partial charge in [-0.1, -0.05) is 12.1 Å². The Labute approximate surface area is 134 Å². The first-order valence-electron chi connectivity index (χ1n) is 7.36. The summed E-state index contributed by atoms with van der Waals surface area (Å²) < 4.78 is 6.98. The maximum atomic E-state index is 11.9. The van der Waals surface area contributed by atoms with Gasteiger partial charge < -0.3 is 15.1 Å². The number of nitrogens with zero attached hydrogens (tertiary/aromatic N) is 2. The van der Waals surface area contributed by atoms with E-state index in [1.54, 1.807) is 17.1 Å². The molecule has 0 fully saturated rings. The van der Waals surface area contributed by atoms with Crippen LogP contribution in [-0.4, -0.2) is 15.8 Å². The summed E-state index contributed by atoms with van der Waals surface area (Å²) in [5, 5.41) is 9.85. The molecule has 0 aliphatic rings. The van der Waals surface area contributed by atoms with Crippen LogP contribution in [0.3, 0.4) is 0 Å². The second kappa shape index (κ2) is 6.83. The van der Waals surface area contributed by atoms with Crippen LogP contribution in [0.25, 0.3) is 5.69 Å². The van der Waals surface area contributed by atoms with Crippen molar-refractivity contribution in [2.45, 2.75) is 20.0 Å². The van der Waals surface area contributed by atoms with Crippen LogP contribution in [0.2, 0.25) is 0 Å². The highest BCUT2D eigenvalue weighted by atomic mass is 16.3. The molecule has 3 rings (SSSR count). The number of hydrogen-bond donors (Lipinski definition) is 2. The lowest BCUT2D eigenvalue weighted by Crippen LogP contribution is -2.34. The number of rotatable bonds is 5. The molecule has 2 heterocycles. The van der Waals surface area contributed by atoms with Gasteiger partial charge in [0.05, 0.1) is 12.0 Å². The molecule has 0 saturated carbocycles. The number of furan rings is 1. The highest BCUT2D eigenvalue weighted by Gasteiger charge is 2.05. The lowest BCUT2D eigenvalue weighted by Gasteiger charge is -2.09. The summed E-state index contributed by atoms with van der Waals surface area (Å²) in [6, 6.07) is 11.4. The second-order valence-corrected chi connectivity index (χ2v) is 5.16. The lowest BCUT2D eigenvalue weighted by molar-refractivity contribution is 0.240. The van der Waals surface area contributed by atoms with Gasteiger partial charge in [0.15, 0.2) is 0 Å². The molecule has 118 valence electrons. The molecule has 2 N–H and O–H groups in total. The topological polar surface area (TPSA) is 72.1 Å². The summed E-state index contributed by atoms with van der Waals surface area (Å²) in [6.45, 7) is 2.77. The molecule has 0 spiro atoms. The summed E-state index contributed by atoms with van der Waals surface area (Å²) in [4.78, 5) is 11.9. The normalized spacial score (nSPS) is 10.5. The van der Waals surface area contributed by atoms with Gasteiger partial charge in [-0.05, 0) is 36.8 Å². The molecule has 2 aromatic heterocycles. The molecular weight excluding hydrogens is 292 g/mol. The van der Waals surface area contributed by atoms with E-state index >= 15 is 0 Å². The van der Waals surface area contributed by atoms with Crippen LogP contribution < -0.4 is 10.6 Å². The van der Waals surface area contributed by atoms with Crippen LogP contribution >= 0.6 is 0 Å². The van der Waals surface area contributed by atoms with Crippen molar-refractivity contribution in [2.24, 2.45) is 0 Å². The fraction of sp³-hybridized carbons (Fsp3) is 0.176. The number of carbonyl (C=O) groups excluding carboxylic acids is 1. The standard InChI is InChI=1S/C17H18N4O2/c1-13-15(6-9-23-13)12-19-17(22)18-11-14-4-2-5-16(10-14)21-8-3-7-20-21/h2-10H,11-12H2,1H3,(H2,18,19,22). The van der Waals surface area contributed by atoms with E-state index < -0.39 is 0 Å². The van der Waals surface area contributed by atoms with Crippen molar-refractivity contribution >= 4 is 6.03 Å². The molecule has 0 radical (unpaired) electrons. The fourth-order valence-corrected chi connectivity index (χ4v) is 2.25. The summed E-state index contributed by atoms with van der Waals surface area (Å²) in [5.41, 5.74) is 2.94. The smallest absolute Gasteiger partial charge is 0.315 e. The van der Waals surface area contributed by atoms with Gasteiger partial charge in [0, 0.05) is 31.0 Å². The van der Waals surface area contributed by atoms with Crippen molar-refractivity contribution < 1.29 is 9.21 Å². The molecule has 0 unspecified atom stereocenters. The monoisotopic (exact) mass is 310 g/mol. The zero-order chi connectivity index (χ0) is 16.1.